The molecule has 1 aromatic carbocycles. The van der Waals surface area contributed by atoms with Gasteiger partial charge in [0.2, 0.25) is 5.91 Å². The fraction of sp³-hybridized carbons (Fsp3) is 0.400. The summed E-state index contributed by atoms with van der Waals surface area (Å²) in [5.74, 6) is -0.552. The van der Waals surface area contributed by atoms with Gasteiger partial charge in [-0.15, -0.1) is 11.3 Å². The molecule has 0 saturated carbocycles. The molecule has 1 fully saturated rings. The minimum Gasteiger partial charge on any atom is -0.465 e. The summed E-state index contributed by atoms with van der Waals surface area (Å²) >= 11 is 1.35. The third-order valence-electron chi connectivity index (χ3n) is 4.76. The van der Waals surface area contributed by atoms with Crippen molar-refractivity contribution < 1.29 is 14.3 Å². The zero-order valence-corrected chi connectivity index (χ0v) is 16.8. The zero-order chi connectivity index (χ0) is 19.4. The Balaban J connectivity index is 1.77. The van der Waals surface area contributed by atoms with Crippen molar-refractivity contribution in [3.63, 3.8) is 0 Å². The van der Waals surface area contributed by atoms with Gasteiger partial charge in [0.05, 0.1) is 13.7 Å². The molecule has 1 N–H and O–H groups in total. The summed E-state index contributed by atoms with van der Waals surface area (Å²) in [6.45, 7) is 5.99. The van der Waals surface area contributed by atoms with Gasteiger partial charge in [0.1, 0.15) is 10.6 Å². The smallest absolute Gasteiger partial charge is 0.341 e. The van der Waals surface area contributed by atoms with E-state index in [4.69, 9.17) is 4.74 Å². The normalized spacial score (nSPS) is 15.5. The Kier molecular flexibility index (Phi) is 6.26. The second-order valence-corrected chi connectivity index (χ2v) is 7.72. The maximum absolute atomic E-state index is 12.5. The number of ether oxygens (including phenoxy) is 1. The van der Waals surface area contributed by atoms with E-state index in [9.17, 15) is 9.59 Å². The highest BCUT2D eigenvalue weighted by molar-refractivity contribution is 7.15. The monoisotopic (exact) mass is 387 g/mol. The van der Waals surface area contributed by atoms with E-state index in [1.54, 1.807) is 0 Å². The molecule has 1 aliphatic heterocycles. The maximum atomic E-state index is 12.5. The summed E-state index contributed by atoms with van der Waals surface area (Å²) in [6, 6.07) is 7.94. The minimum atomic E-state index is -0.443. The van der Waals surface area contributed by atoms with Crippen LogP contribution in [0, 0.1) is 6.92 Å². The second kappa shape index (κ2) is 8.65. The van der Waals surface area contributed by atoms with Gasteiger partial charge in [-0.2, -0.15) is 0 Å². The van der Waals surface area contributed by atoms with E-state index in [-0.39, 0.29) is 5.91 Å². The van der Waals surface area contributed by atoms with Crippen molar-refractivity contribution in [1.82, 2.24) is 9.80 Å². The molecule has 0 spiro atoms. The number of thiophene rings is 1. The molecule has 27 heavy (non-hydrogen) atoms. The van der Waals surface area contributed by atoms with Crippen LogP contribution in [0.4, 0.5) is 5.00 Å². The van der Waals surface area contributed by atoms with E-state index in [1.165, 1.54) is 18.4 Å². The quantitative estimate of drug-likeness (QED) is 0.800. The number of hydrogen-bond donors (Lipinski definition) is 1. The van der Waals surface area contributed by atoms with Gasteiger partial charge in [0.25, 0.3) is 0 Å². The lowest BCUT2D eigenvalue weighted by Gasteiger charge is -2.31. The zero-order valence-electron chi connectivity index (χ0n) is 15.9. The number of hydrogen-bond acceptors (Lipinski definition) is 6. The molecule has 0 radical (unpaired) electrons. The van der Waals surface area contributed by atoms with E-state index in [2.05, 4.69) is 22.2 Å². The number of benzene rings is 1. The number of esters is 1. The van der Waals surface area contributed by atoms with Crippen LogP contribution in [0.25, 0.3) is 11.1 Å². The Bertz CT molecular complexity index is 808. The van der Waals surface area contributed by atoms with E-state index < -0.39 is 5.97 Å². The highest BCUT2D eigenvalue weighted by atomic mass is 32.1. The van der Waals surface area contributed by atoms with Crippen LogP contribution in [-0.2, 0) is 9.53 Å². The van der Waals surface area contributed by atoms with Crippen LogP contribution in [0.1, 0.15) is 15.9 Å². The Morgan fingerprint density at radius 3 is 2.44 bits per heavy atom. The first kappa shape index (κ1) is 19.5. The van der Waals surface area contributed by atoms with E-state index in [0.717, 1.165) is 42.9 Å². The van der Waals surface area contributed by atoms with Gasteiger partial charge in [-0.25, -0.2) is 4.79 Å². The molecule has 7 heteroatoms. The van der Waals surface area contributed by atoms with Gasteiger partial charge < -0.3 is 15.0 Å². The number of nitrogens with one attached hydrogen (secondary N) is 1. The van der Waals surface area contributed by atoms with Crippen molar-refractivity contribution in [2.24, 2.45) is 0 Å². The molecule has 0 unspecified atom stereocenters. The predicted molar refractivity (Wildman–Crippen MR) is 108 cm³/mol. The van der Waals surface area contributed by atoms with Crippen LogP contribution in [0.5, 0.6) is 0 Å². The number of aryl methyl sites for hydroxylation is 1. The SMILES string of the molecule is COC(=O)c1c(-c2ccc(C)cc2)csc1NC(=O)CN1CCN(C)CC1. The third kappa shape index (κ3) is 4.74. The molecule has 6 nitrogen and oxygen atoms in total. The van der Waals surface area contributed by atoms with Gasteiger partial charge in [-0.1, -0.05) is 29.8 Å². The third-order valence-corrected chi connectivity index (χ3v) is 5.65. The second-order valence-electron chi connectivity index (χ2n) is 6.84. The topological polar surface area (TPSA) is 61.9 Å². The summed E-state index contributed by atoms with van der Waals surface area (Å²) in [4.78, 5) is 29.3. The van der Waals surface area contributed by atoms with Crippen LogP contribution in [0.3, 0.4) is 0 Å². The molecule has 0 atom stereocenters. The number of amides is 1. The summed E-state index contributed by atoms with van der Waals surface area (Å²) in [5, 5.41) is 5.34. The van der Waals surface area contributed by atoms with Crippen molar-refractivity contribution in [1.29, 1.82) is 0 Å². The van der Waals surface area contributed by atoms with Crippen molar-refractivity contribution in [3.05, 3.63) is 40.8 Å². The Morgan fingerprint density at radius 1 is 1.15 bits per heavy atom. The van der Waals surface area contributed by atoms with Crippen LogP contribution in [0.15, 0.2) is 29.6 Å². The summed E-state index contributed by atoms with van der Waals surface area (Å²) in [7, 11) is 3.44. The summed E-state index contributed by atoms with van der Waals surface area (Å²) in [5.41, 5.74) is 3.27. The molecule has 2 aromatic rings. The largest absolute Gasteiger partial charge is 0.465 e. The Morgan fingerprint density at radius 2 is 1.81 bits per heavy atom. The number of piperazine rings is 1. The van der Waals surface area contributed by atoms with Crippen LogP contribution in [-0.4, -0.2) is 68.6 Å². The molecule has 3 rings (SSSR count). The summed E-state index contributed by atoms with van der Waals surface area (Å²) < 4.78 is 4.96. The van der Waals surface area contributed by atoms with Crippen molar-refractivity contribution in [2.75, 3.05) is 52.2 Å². The van der Waals surface area contributed by atoms with Crippen molar-refractivity contribution in [3.8, 4) is 11.1 Å². The number of nitrogens with zero attached hydrogens (tertiary/aromatic N) is 2. The molecule has 2 heterocycles. The van der Waals surface area contributed by atoms with Crippen LogP contribution in [0.2, 0.25) is 0 Å². The molecule has 0 bridgehead atoms. The van der Waals surface area contributed by atoms with E-state index in [0.29, 0.717) is 17.1 Å². The van der Waals surface area contributed by atoms with Gasteiger partial charge in [0, 0.05) is 37.1 Å². The molecule has 144 valence electrons. The first-order valence-corrected chi connectivity index (χ1v) is 9.83. The Hall–Kier alpha value is -2.22. The van der Waals surface area contributed by atoms with Crippen molar-refractivity contribution >= 4 is 28.2 Å². The standard InChI is InChI=1S/C20H25N3O3S/c1-14-4-6-15(7-5-14)16-13-27-19(18(16)20(25)26-3)21-17(24)12-23-10-8-22(2)9-11-23/h4-7,13H,8-12H2,1-3H3,(H,21,24). The molecule has 1 saturated heterocycles. The first-order chi connectivity index (χ1) is 13.0. The number of rotatable bonds is 5. The van der Waals surface area contributed by atoms with E-state index in [1.807, 2.05) is 36.6 Å². The average molecular weight is 388 g/mol. The van der Waals surface area contributed by atoms with Crippen LogP contribution >= 0.6 is 11.3 Å². The molecule has 0 aliphatic carbocycles. The maximum Gasteiger partial charge on any atom is 0.341 e. The number of carbonyl (C=O) groups excluding carboxylic acids is 2. The number of likely N-dealkylation sites (N-methyl/N-ethyl adjacent to an activating group) is 1. The number of methoxy groups -OCH3 is 1. The Labute approximate surface area is 163 Å². The summed E-state index contributed by atoms with van der Waals surface area (Å²) in [6.07, 6.45) is 0. The fourth-order valence-corrected chi connectivity index (χ4v) is 4.05. The first-order valence-electron chi connectivity index (χ1n) is 8.95. The molecule has 1 aromatic heterocycles. The lowest BCUT2D eigenvalue weighted by atomic mass is 10.0. The number of anilines is 1. The van der Waals surface area contributed by atoms with Gasteiger partial charge in [0.15, 0.2) is 0 Å². The van der Waals surface area contributed by atoms with Gasteiger partial charge in [-0.3, -0.25) is 9.69 Å². The minimum absolute atomic E-state index is 0.109. The molecular formula is C20H25N3O3S. The highest BCUT2D eigenvalue weighted by Gasteiger charge is 2.23. The van der Waals surface area contributed by atoms with Gasteiger partial charge in [-0.05, 0) is 19.5 Å². The lowest BCUT2D eigenvalue weighted by Crippen LogP contribution is -2.47. The van der Waals surface area contributed by atoms with E-state index >= 15 is 0 Å². The fourth-order valence-electron chi connectivity index (χ4n) is 3.08. The van der Waals surface area contributed by atoms with Gasteiger partial charge >= 0.3 is 5.97 Å². The molecule has 1 aliphatic rings. The predicted octanol–water partition coefficient (Wildman–Crippen LogP) is 2.70. The average Bonchev–Trinajstić information content (AvgIpc) is 3.07. The highest BCUT2D eigenvalue weighted by Crippen LogP contribution is 2.36. The van der Waals surface area contributed by atoms with Crippen LogP contribution < -0.4 is 5.32 Å². The van der Waals surface area contributed by atoms with Crippen molar-refractivity contribution in [2.45, 2.75) is 6.92 Å². The molecular weight excluding hydrogens is 362 g/mol. The molecule has 1 amide bonds. The lowest BCUT2D eigenvalue weighted by molar-refractivity contribution is -0.117. The number of carbonyl (C=O) groups is 2.